The third-order valence-corrected chi connectivity index (χ3v) is 3.98. The van der Waals surface area contributed by atoms with Gasteiger partial charge in [-0.25, -0.2) is 0 Å². The molecule has 1 aliphatic heterocycles. The molecule has 1 saturated heterocycles. The highest BCUT2D eigenvalue weighted by Crippen LogP contribution is 2.31. The minimum Gasteiger partial charge on any atom is -0.355 e. The Balaban J connectivity index is 2.41. The van der Waals surface area contributed by atoms with Crippen LogP contribution in [-0.2, 0) is 4.79 Å². The second-order valence-electron chi connectivity index (χ2n) is 5.71. The van der Waals surface area contributed by atoms with Crippen molar-refractivity contribution in [1.82, 2.24) is 5.32 Å². The van der Waals surface area contributed by atoms with Crippen LogP contribution in [0.3, 0.4) is 0 Å². The van der Waals surface area contributed by atoms with Crippen molar-refractivity contribution in [2.45, 2.75) is 32.4 Å². The number of hydrogen-bond donors (Lipinski definition) is 2. The number of hydrogen-bond acceptors (Lipinski definition) is 3. The van der Waals surface area contributed by atoms with E-state index in [1.54, 1.807) is 0 Å². The van der Waals surface area contributed by atoms with Crippen LogP contribution in [0.4, 0.5) is 5.69 Å². The molecule has 104 valence electrons. The number of halogens is 1. The Kier molecular flexibility index (Phi) is 3.87. The Labute approximate surface area is 122 Å². The lowest BCUT2D eigenvalue weighted by Gasteiger charge is -2.44. The van der Waals surface area contributed by atoms with E-state index in [0.29, 0.717) is 6.54 Å². The zero-order chi connectivity index (χ0) is 14.2. The van der Waals surface area contributed by atoms with Crippen LogP contribution in [0.15, 0.2) is 22.7 Å². The highest BCUT2D eigenvalue weighted by atomic mass is 79.9. The largest absolute Gasteiger partial charge is 0.355 e. The normalized spacial score (nSPS) is 22.3. The first-order chi connectivity index (χ1) is 8.84. The van der Waals surface area contributed by atoms with E-state index >= 15 is 0 Å². The Morgan fingerprint density at radius 1 is 1.53 bits per heavy atom. The van der Waals surface area contributed by atoms with Crippen molar-refractivity contribution in [1.29, 1.82) is 0 Å². The van der Waals surface area contributed by atoms with Crippen LogP contribution in [0.5, 0.6) is 0 Å². The number of piperazine rings is 1. The average Bonchev–Trinajstić information content (AvgIpc) is 2.26. The maximum absolute atomic E-state index is 12.2. The maximum Gasteiger partial charge on any atom is 0.244 e. The van der Waals surface area contributed by atoms with Gasteiger partial charge in [0.1, 0.15) is 6.04 Å². The topological polar surface area (TPSA) is 58.4 Å². The number of nitrogens with two attached hydrogens (primary N) is 1. The Bertz CT molecular complexity index is 501. The van der Waals surface area contributed by atoms with Gasteiger partial charge in [-0.2, -0.15) is 0 Å². The van der Waals surface area contributed by atoms with Crippen LogP contribution in [0.25, 0.3) is 0 Å². The Hall–Kier alpha value is -1.07. The van der Waals surface area contributed by atoms with Gasteiger partial charge in [-0.3, -0.25) is 4.79 Å². The van der Waals surface area contributed by atoms with Crippen molar-refractivity contribution in [3.8, 4) is 0 Å². The predicted octanol–water partition coefficient (Wildman–Crippen LogP) is 1.80. The molecule has 1 aromatic carbocycles. The van der Waals surface area contributed by atoms with Crippen molar-refractivity contribution in [3.05, 3.63) is 28.2 Å². The summed E-state index contributed by atoms with van der Waals surface area (Å²) in [6.45, 7) is 7.13. The number of amides is 1. The van der Waals surface area contributed by atoms with Crippen molar-refractivity contribution in [3.63, 3.8) is 0 Å². The fourth-order valence-electron chi connectivity index (χ4n) is 2.47. The summed E-state index contributed by atoms with van der Waals surface area (Å²) in [5.41, 5.74) is 7.71. The van der Waals surface area contributed by atoms with Gasteiger partial charge in [-0.15, -0.1) is 0 Å². The predicted molar refractivity (Wildman–Crippen MR) is 81.3 cm³/mol. The SMILES string of the molecule is Cc1ccc(N2CC(C)(C)NC(=O)C2CN)c(Br)c1. The molecule has 3 N–H and O–H groups in total. The first-order valence-electron chi connectivity index (χ1n) is 6.39. The number of nitrogens with zero attached hydrogens (tertiary/aromatic N) is 1. The van der Waals surface area contributed by atoms with Crippen LogP contribution in [0.1, 0.15) is 19.4 Å². The number of carbonyl (C=O) groups excluding carboxylic acids is 1. The summed E-state index contributed by atoms with van der Waals surface area (Å²) in [5, 5.41) is 3.01. The zero-order valence-electron chi connectivity index (χ0n) is 11.5. The molecule has 1 unspecified atom stereocenters. The highest BCUT2D eigenvalue weighted by Gasteiger charge is 2.38. The molecule has 1 heterocycles. The molecule has 4 nitrogen and oxygen atoms in total. The van der Waals surface area contributed by atoms with E-state index in [1.807, 2.05) is 32.9 Å². The number of nitrogens with one attached hydrogen (secondary N) is 1. The fourth-order valence-corrected chi connectivity index (χ4v) is 3.19. The summed E-state index contributed by atoms with van der Waals surface area (Å²) >= 11 is 3.58. The molecule has 19 heavy (non-hydrogen) atoms. The van der Waals surface area contributed by atoms with E-state index in [9.17, 15) is 4.79 Å². The Morgan fingerprint density at radius 2 is 2.21 bits per heavy atom. The van der Waals surface area contributed by atoms with Crippen molar-refractivity contribution in [2.24, 2.45) is 5.73 Å². The monoisotopic (exact) mass is 325 g/mol. The van der Waals surface area contributed by atoms with Crippen LogP contribution in [0, 0.1) is 6.92 Å². The molecule has 1 fully saturated rings. The van der Waals surface area contributed by atoms with Gasteiger partial charge in [0.05, 0.1) is 11.2 Å². The van der Waals surface area contributed by atoms with E-state index < -0.39 is 0 Å². The molecular weight excluding hydrogens is 306 g/mol. The molecular formula is C14H20BrN3O. The van der Waals surface area contributed by atoms with E-state index in [1.165, 1.54) is 5.56 Å². The van der Waals surface area contributed by atoms with Gasteiger partial charge in [0.15, 0.2) is 0 Å². The van der Waals surface area contributed by atoms with Crippen LogP contribution in [-0.4, -0.2) is 30.6 Å². The molecule has 0 radical (unpaired) electrons. The van der Waals surface area contributed by atoms with Crippen LogP contribution < -0.4 is 16.0 Å². The average molecular weight is 326 g/mol. The maximum atomic E-state index is 12.2. The zero-order valence-corrected chi connectivity index (χ0v) is 13.1. The summed E-state index contributed by atoms with van der Waals surface area (Å²) in [7, 11) is 0. The van der Waals surface area contributed by atoms with Gasteiger partial charge in [0, 0.05) is 17.6 Å². The molecule has 2 rings (SSSR count). The molecule has 0 bridgehead atoms. The van der Waals surface area contributed by atoms with Gasteiger partial charge >= 0.3 is 0 Å². The molecule has 5 heteroatoms. The van der Waals surface area contributed by atoms with Crippen molar-refractivity contribution < 1.29 is 4.79 Å². The van der Waals surface area contributed by atoms with Crippen molar-refractivity contribution >= 4 is 27.5 Å². The summed E-state index contributed by atoms with van der Waals surface area (Å²) < 4.78 is 0.997. The smallest absolute Gasteiger partial charge is 0.244 e. The first kappa shape index (κ1) is 14.3. The van der Waals surface area contributed by atoms with Gasteiger partial charge in [0.2, 0.25) is 5.91 Å². The molecule has 0 saturated carbocycles. The summed E-state index contributed by atoms with van der Waals surface area (Å²) in [4.78, 5) is 14.2. The fraction of sp³-hybridized carbons (Fsp3) is 0.500. The lowest BCUT2D eigenvalue weighted by Crippen LogP contribution is -2.66. The highest BCUT2D eigenvalue weighted by molar-refractivity contribution is 9.10. The lowest BCUT2D eigenvalue weighted by molar-refractivity contribution is -0.125. The summed E-state index contributed by atoms with van der Waals surface area (Å²) in [6, 6.07) is 5.83. The lowest BCUT2D eigenvalue weighted by atomic mass is 9.97. The van der Waals surface area contributed by atoms with E-state index in [2.05, 4.69) is 32.2 Å². The molecule has 1 atom stereocenters. The minimum atomic E-state index is -0.313. The van der Waals surface area contributed by atoms with Gasteiger partial charge in [0.25, 0.3) is 0 Å². The molecule has 1 amide bonds. The summed E-state index contributed by atoms with van der Waals surface area (Å²) in [6.07, 6.45) is 0. The summed E-state index contributed by atoms with van der Waals surface area (Å²) in [5.74, 6) is -0.00812. The van der Waals surface area contributed by atoms with Gasteiger partial charge in [-0.05, 0) is 54.4 Å². The number of rotatable bonds is 2. The standard InChI is InChI=1S/C14H20BrN3O/c1-9-4-5-11(10(15)6-9)18-8-14(2,3)17-13(19)12(18)7-16/h4-6,12H,7-8,16H2,1-3H3,(H,17,19). The van der Waals surface area contributed by atoms with Crippen molar-refractivity contribution in [2.75, 3.05) is 18.0 Å². The van der Waals surface area contributed by atoms with Gasteiger partial charge < -0.3 is 16.0 Å². The van der Waals surface area contributed by atoms with Crippen LogP contribution >= 0.6 is 15.9 Å². The Morgan fingerprint density at radius 3 is 2.79 bits per heavy atom. The molecule has 1 aromatic rings. The number of benzene rings is 1. The van der Waals surface area contributed by atoms with E-state index in [4.69, 9.17) is 5.73 Å². The third kappa shape index (κ3) is 2.92. The molecule has 0 spiro atoms. The first-order valence-corrected chi connectivity index (χ1v) is 7.18. The molecule has 0 aliphatic carbocycles. The third-order valence-electron chi connectivity index (χ3n) is 3.34. The molecule has 1 aliphatic rings. The minimum absolute atomic E-state index is 0.00812. The number of carbonyl (C=O) groups is 1. The molecule has 0 aromatic heterocycles. The van der Waals surface area contributed by atoms with Crippen LogP contribution in [0.2, 0.25) is 0 Å². The van der Waals surface area contributed by atoms with Gasteiger partial charge in [-0.1, -0.05) is 6.07 Å². The second-order valence-corrected chi connectivity index (χ2v) is 6.56. The number of anilines is 1. The quantitative estimate of drug-likeness (QED) is 0.871. The second kappa shape index (κ2) is 5.13. The number of aryl methyl sites for hydroxylation is 1. The van der Waals surface area contributed by atoms with E-state index in [0.717, 1.165) is 16.7 Å². The van der Waals surface area contributed by atoms with E-state index in [-0.39, 0.29) is 17.5 Å².